The summed E-state index contributed by atoms with van der Waals surface area (Å²) in [6, 6.07) is 0. The Kier molecular flexibility index (Phi) is 14.0. The summed E-state index contributed by atoms with van der Waals surface area (Å²) in [6.07, 6.45) is 0. The molecule has 0 aliphatic rings. The topological polar surface area (TPSA) is 196 Å². The molecule has 0 spiro atoms. The first-order valence-corrected chi connectivity index (χ1v) is 12.4. The lowest BCUT2D eigenvalue weighted by molar-refractivity contribution is -0.158. The molecule has 1 rings (SSSR count). The highest BCUT2D eigenvalue weighted by Gasteiger charge is 2.42. The predicted octanol–water partition coefficient (Wildman–Crippen LogP) is 0.501. The van der Waals surface area contributed by atoms with Crippen molar-refractivity contribution in [2.45, 2.75) is 59.3 Å². The van der Waals surface area contributed by atoms with E-state index in [1.54, 1.807) is 0 Å². The van der Waals surface area contributed by atoms with Gasteiger partial charge in [0.2, 0.25) is 17.8 Å². The van der Waals surface area contributed by atoms with Gasteiger partial charge in [-0.25, -0.2) is 15.0 Å². The molecule has 0 fully saturated rings. The minimum absolute atomic E-state index is 0.137. The second kappa shape index (κ2) is 16.6. The number of hydrogen-bond donors (Lipinski definition) is 0. The molecule has 0 amide bonds. The second-order valence-corrected chi connectivity index (χ2v) is 7.22. The van der Waals surface area contributed by atoms with E-state index in [2.05, 4.69) is 15.0 Å². The van der Waals surface area contributed by atoms with Crippen molar-refractivity contribution >= 4 is 35.8 Å². The van der Waals surface area contributed by atoms with Crippen molar-refractivity contribution in [3.8, 4) is 0 Å². The Morgan fingerprint density at radius 2 is 0.564 bits per heavy atom. The van der Waals surface area contributed by atoms with Gasteiger partial charge in [-0.15, -0.1) is 0 Å². The van der Waals surface area contributed by atoms with Crippen LogP contribution >= 0.6 is 0 Å². The van der Waals surface area contributed by atoms with Gasteiger partial charge in [0, 0.05) is 0 Å². The summed E-state index contributed by atoms with van der Waals surface area (Å²) in [6.45, 7) is 8.09. The standard InChI is InChI=1S/C24H33N3O12/c1-7-34-19(28)13(20(29)35-8-2)16-25-17(14(21(30)36-9-3)22(31)37-10-4)27-18(26-16)15(23(32)38-11-5)24(33)39-12-6/h13-15H,7-12H2,1-6H3. The number of hydrogen-bond acceptors (Lipinski definition) is 15. The van der Waals surface area contributed by atoms with Gasteiger partial charge in [-0.2, -0.15) is 0 Å². The third kappa shape index (κ3) is 8.97. The number of carbonyl (C=O) groups is 6. The SMILES string of the molecule is CCOC(=O)C(C(=O)OCC)c1nc(C(C(=O)OCC)C(=O)OCC)nc(C(C(=O)OCC)C(=O)OCC)n1. The van der Waals surface area contributed by atoms with Crippen LogP contribution in [0.5, 0.6) is 0 Å². The van der Waals surface area contributed by atoms with Gasteiger partial charge in [0.1, 0.15) is 0 Å². The Morgan fingerprint density at radius 3 is 0.692 bits per heavy atom. The lowest BCUT2D eigenvalue weighted by Crippen LogP contribution is -2.34. The smallest absolute Gasteiger partial charge is 0.328 e. The molecule has 0 saturated carbocycles. The van der Waals surface area contributed by atoms with Gasteiger partial charge in [-0.3, -0.25) is 28.8 Å². The zero-order chi connectivity index (χ0) is 29.5. The molecule has 216 valence electrons. The average molecular weight is 556 g/mol. The average Bonchev–Trinajstić information content (AvgIpc) is 2.85. The lowest BCUT2D eigenvalue weighted by atomic mass is 10.1. The first kappa shape index (κ1) is 32.9. The van der Waals surface area contributed by atoms with E-state index in [0.717, 1.165) is 0 Å². The molecule has 0 aliphatic carbocycles. The summed E-state index contributed by atoms with van der Waals surface area (Å²) in [7, 11) is 0. The van der Waals surface area contributed by atoms with Gasteiger partial charge in [-0.1, -0.05) is 0 Å². The quantitative estimate of drug-likeness (QED) is 0.165. The second-order valence-electron chi connectivity index (χ2n) is 7.22. The Labute approximate surface area is 224 Å². The van der Waals surface area contributed by atoms with E-state index in [1.165, 1.54) is 41.5 Å². The van der Waals surface area contributed by atoms with Crippen LogP contribution in [0.2, 0.25) is 0 Å². The Morgan fingerprint density at radius 1 is 0.410 bits per heavy atom. The maximum absolute atomic E-state index is 12.8. The lowest BCUT2D eigenvalue weighted by Gasteiger charge is -2.19. The first-order chi connectivity index (χ1) is 18.6. The van der Waals surface area contributed by atoms with E-state index in [-0.39, 0.29) is 39.6 Å². The van der Waals surface area contributed by atoms with E-state index in [0.29, 0.717) is 0 Å². The molecule has 0 atom stereocenters. The van der Waals surface area contributed by atoms with Crippen LogP contribution in [0.25, 0.3) is 0 Å². The summed E-state index contributed by atoms with van der Waals surface area (Å²) in [4.78, 5) is 88.7. The molecule has 0 unspecified atom stereocenters. The highest BCUT2D eigenvalue weighted by atomic mass is 16.6. The van der Waals surface area contributed by atoms with E-state index < -0.39 is 71.0 Å². The highest BCUT2D eigenvalue weighted by Crippen LogP contribution is 2.25. The zero-order valence-electron chi connectivity index (χ0n) is 22.7. The minimum Gasteiger partial charge on any atom is -0.465 e. The fourth-order valence-corrected chi connectivity index (χ4v) is 3.09. The fraction of sp³-hybridized carbons (Fsp3) is 0.625. The van der Waals surface area contributed by atoms with Crippen LogP contribution in [0, 0.1) is 0 Å². The van der Waals surface area contributed by atoms with Crippen LogP contribution in [-0.4, -0.2) is 90.4 Å². The molecule has 1 heterocycles. The number of esters is 6. The number of aromatic nitrogens is 3. The van der Waals surface area contributed by atoms with E-state index in [4.69, 9.17) is 28.4 Å². The number of ether oxygens (including phenoxy) is 6. The number of rotatable bonds is 15. The van der Waals surface area contributed by atoms with Gasteiger partial charge >= 0.3 is 35.8 Å². The Balaban J connectivity index is 4.06. The van der Waals surface area contributed by atoms with Crippen LogP contribution < -0.4 is 0 Å². The minimum atomic E-state index is -1.93. The summed E-state index contributed by atoms with van der Waals surface area (Å²) in [5.74, 6) is -14.6. The summed E-state index contributed by atoms with van der Waals surface area (Å²) in [5.41, 5.74) is 0. The molecular formula is C24H33N3O12. The molecule has 0 saturated heterocycles. The van der Waals surface area contributed by atoms with Gasteiger partial charge in [0.15, 0.2) is 17.5 Å². The van der Waals surface area contributed by atoms with Crippen molar-refractivity contribution in [3.05, 3.63) is 17.5 Å². The van der Waals surface area contributed by atoms with Crippen molar-refractivity contribution in [2.24, 2.45) is 0 Å². The van der Waals surface area contributed by atoms with Crippen LogP contribution in [0.3, 0.4) is 0 Å². The molecule has 15 nitrogen and oxygen atoms in total. The molecule has 0 radical (unpaired) electrons. The molecule has 0 aliphatic heterocycles. The molecule has 39 heavy (non-hydrogen) atoms. The van der Waals surface area contributed by atoms with E-state index in [9.17, 15) is 28.8 Å². The zero-order valence-corrected chi connectivity index (χ0v) is 22.7. The van der Waals surface area contributed by atoms with Crippen molar-refractivity contribution in [2.75, 3.05) is 39.6 Å². The Hall–Kier alpha value is -4.17. The van der Waals surface area contributed by atoms with Crippen LogP contribution in [-0.2, 0) is 57.2 Å². The van der Waals surface area contributed by atoms with Crippen LogP contribution in [0.4, 0.5) is 0 Å². The van der Waals surface area contributed by atoms with Gasteiger partial charge in [0.05, 0.1) is 39.6 Å². The van der Waals surface area contributed by atoms with Crippen molar-refractivity contribution in [1.82, 2.24) is 15.0 Å². The molecule has 1 aromatic rings. The van der Waals surface area contributed by atoms with E-state index in [1.807, 2.05) is 0 Å². The normalized spacial score (nSPS) is 10.7. The van der Waals surface area contributed by atoms with E-state index >= 15 is 0 Å². The van der Waals surface area contributed by atoms with Gasteiger partial charge < -0.3 is 28.4 Å². The molecular weight excluding hydrogens is 522 g/mol. The highest BCUT2D eigenvalue weighted by molar-refractivity contribution is 6.02. The van der Waals surface area contributed by atoms with Crippen LogP contribution in [0.15, 0.2) is 0 Å². The monoisotopic (exact) mass is 555 g/mol. The molecule has 15 heteroatoms. The molecule has 0 aromatic carbocycles. The van der Waals surface area contributed by atoms with Crippen molar-refractivity contribution in [1.29, 1.82) is 0 Å². The maximum atomic E-state index is 12.8. The van der Waals surface area contributed by atoms with Gasteiger partial charge in [-0.05, 0) is 41.5 Å². The summed E-state index contributed by atoms with van der Waals surface area (Å²) >= 11 is 0. The summed E-state index contributed by atoms with van der Waals surface area (Å²) in [5, 5.41) is 0. The Bertz CT molecular complexity index is 850. The fourth-order valence-electron chi connectivity index (χ4n) is 3.09. The predicted molar refractivity (Wildman–Crippen MR) is 128 cm³/mol. The third-order valence-electron chi connectivity index (χ3n) is 4.60. The molecule has 0 N–H and O–H groups in total. The third-order valence-corrected chi connectivity index (χ3v) is 4.60. The van der Waals surface area contributed by atoms with Crippen LogP contribution in [0.1, 0.15) is 76.8 Å². The van der Waals surface area contributed by atoms with Gasteiger partial charge in [0.25, 0.3) is 0 Å². The maximum Gasteiger partial charge on any atom is 0.328 e. The largest absolute Gasteiger partial charge is 0.465 e. The number of carbonyl (C=O) groups excluding carboxylic acids is 6. The number of nitrogens with zero attached hydrogens (tertiary/aromatic N) is 3. The first-order valence-electron chi connectivity index (χ1n) is 12.4. The van der Waals surface area contributed by atoms with Crippen molar-refractivity contribution < 1.29 is 57.2 Å². The molecule has 1 aromatic heterocycles. The summed E-state index contributed by atoms with van der Waals surface area (Å²) < 4.78 is 29.8. The van der Waals surface area contributed by atoms with Crippen molar-refractivity contribution in [3.63, 3.8) is 0 Å². The molecule has 0 bridgehead atoms.